The smallest absolute Gasteiger partial charge is 0.277 e. The minimum absolute atomic E-state index is 0.0469. The van der Waals surface area contributed by atoms with Gasteiger partial charge in [0.2, 0.25) is 11.8 Å². The third-order valence-electron chi connectivity index (χ3n) is 4.05. The zero-order valence-electron chi connectivity index (χ0n) is 14.8. The fraction of sp³-hybridized carbons (Fsp3) is 0.250. The Bertz CT molecular complexity index is 833. The first-order valence-electron chi connectivity index (χ1n) is 8.62. The van der Waals surface area contributed by atoms with Crippen molar-refractivity contribution in [3.05, 3.63) is 66.2 Å². The van der Waals surface area contributed by atoms with Crippen molar-refractivity contribution in [3.63, 3.8) is 0 Å². The van der Waals surface area contributed by atoms with Crippen LogP contribution in [0.2, 0.25) is 0 Å². The number of carbonyl (C=O) groups excluding carboxylic acids is 1. The molecule has 0 unspecified atom stereocenters. The molecule has 6 heteroatoms. The van der Waals surface area contributed by atoms with Gasteiger partial charge in [-0.05, 0) is 43.3 Å². The van der Waals surface area contributed by atoms with Gasteiger partial charge in [-0.3, -0.25) is 4.79 Å². The first kappa shape index (κ1) is 18.2. The highest BCUT2D eigenvalue weighted by atomic mass is 32.2. The maximum absolute atomic E-state index is 13.0. The van der Waals surface area contributed by atoms with E-state index in [0.717, 1.165) is 11.1 Å². The second-order valence-corrected chi connectivity index (χ2v) is 6.71. The highest BCUT2D eigenvalue weighted by Crippen LogP contribution is 2.37. The van der Waals surface area contributed by atoms with Crippen molar-refractivity contribution in [2.24, 2.45) is 0 Å². The second-order valence-electron chi connectivity index (χ2n) is 5.66. The van der Waals surface area contributed by atoms with E-state index in [1.165, 1.54) is 11.8 Å². The van der Waals surface area contributed by atoms with Crippen molar-refractivity contribution in [2.45, 2.75) is 24.3 Å². The summed E-state index contributed by atoms with van der Waals surface area (Å²) in [5.41, 5.74) is 1.78. The summed E-state index contributed by atoms with van der Waals surface area (Å²) < 4.78 is 5.79. The van der Waals surface area contributed by atoms with Crippen molar-refractivity contribution in [1.82, 2.24) is 15.1 Å². The summed E-state index contributed by atoms with van der Waals surface area (Å²) in [5, 5.41) is 8.21. The first-order valence-corrected chi connectivity index (χ1v) is 9.50. The van der Waals surface area contributed by atoms with E-state index in [1.807, 2.05) is 79.4 Å². The summed E-state index contributed by atoms with van der Waals surface area (Å²) in [7, 11) is 0. The van der Waals surface area contributed by atoms with Crippen LogP contribution in [0.1, 0.15) is 24.7 Å². The van der Waals surface area contributed by atoms with Gasteiger partial charge in [-0.15, -0.1) is 10.2 Å². The van der Waals surface area contributed by atoms with E-state index in [-0.39, 0.29) is 5.91 Å². The van der Waals surface area contributed by atoms with E-state index in [2.05, 4.69) is 10.2 Å². The maximum Gasteiger partial charge on any atom is 0.277 e. The molecular weight excluding hydrogens is 346 g/mol. The Morgan fingerprint density at radius 2 is 1.62 bits per heavy atom. The molecule has 0 aliphatic heterocycles. The lowest BCUT2D eigenvalue weighted by atomic mass is 10.1. The van der Waals surface area contributed by atoms with Crippen molar-refractivity contribution in [2.75, 3.05) is 13.1 Å². The van der Waals surface area contributed by atoms with Crippen LogP contribution in [0, 0.1) is 0 Å². The van der Waals surface area contributed by atoms with Crippen LogP contribution >= 0.6 is 11.8 Å². The largest absolute Gasteiger partial charge is 0.411 e. The fourth-order valence-corrected chi connectivity index (χ4v) is 3.61. The van der Waals surface area contributed by atoms with Gasteiger partial charge in [-0.2, -0.15) is 0 Å². The van der Waals surface area contributed by atoms with Gasteiger partial charge in [0.05, 0.1) is 0 Å². The third-order valence-corrected chi connectivity index (χ3v) is 5.12. The molecule has 0 aliphatic rings. The molecule has 0 aliphatic carbocycles. The molecule has 0 saturated carbocycles. The average Bonchev–Trinajstić information content (AvgIpc) is 3.17. The van der Waals surface area contributed by atoms with E-state index in [0.29, 0.717) is 24.2 Å². The first-order chi connectivity index (χ1) is 12.7. The summed E-state index contributed by atoms with van der Waals surface area (Å²) in [6, 6.07) is 19.3. The Morgan fingerprint density at radius 1 is 1.00 bits per heavy atom. The minimum Gasteiger partial charge on any atom is -0.411 e. The fourth-order valence-electron chi connectivity index (χ4n) is 2.65. The van der Waals surface area contributed by atoms with Crippen molar-refractivity contribution < 1.29 is 9.21 Å². The second kappa shape index (κ2) is 8.67. The van der Waals surface area contributed by atoms with E-state index in [4.69, 9.17) is 4.42 Å². The van der Waals surface area contributed by atoms with E-state index in [9.17, 15) is 4.79 Å². The van der Waals surface area contributed by atoms with Gasteiger partial charge >= 0.3 is 0 Å². The molecule has 134 valence electrons. The van der Waals surface area contributed by atoms with Gasteiger partial charge in [0.1, 0.15) is 5.25 Å². The maximum atomic E-state index is 13.0. The minimum atomic E-state index is -0.417. The third kappa shape index (κ3) is 4.14. The SMILES string of the molecule is CCN(CC)C(=O)[C@H](Sc1nnc(-c2ccccc2)o1)c1ccccc1. The molecule has 1 heterocycles. The molecule has 5 nitrogen and oxygen atoms in total. The number of benzene rings is 2. The van der Waals surface area contributed by atoms with Crippen molar-refractivity contribution >= 4 is 17.7 Å². The number of hydrogen-bond donors (Lipinski definition) is 0. The molecule has 3 aromatic rings. The summed E-state index contributed by atoms with van der Waals surface area (Å²) in [6.07, 6.45) is 0. The average molecular weight is 367 g/mol. The number of hydrogen-bond acceptors (Lipinski definition) is 5. The lowest BCUT2D eigenvalue weighted by Gasteiger charge is -2.24. The molecule has 26 heavy (non-hydrogen) atoms. The Morgan fingerprint density at radius 3 is 2.23 bits per heavy atom. The zero-order chi connectivity index (χ0) is 18.4. The van der Waals surface area contributed by atoms with Crippen LogP contribution in [-0.2, 0) is 4.79 Å². The number of nitrogens with zero attached hydrogens (tertiary/aromatic N) is 3. The number of thioether (sulfide) groups is 1. The van der Waals surface area contributed by atoms with Crippen LogP contribution in [0.15, 0.2) is 70.3 Å². The van der Waals surface area contributed by atoms with Crippen LogP contribution in [-0.4, -0.2) is 34.1 Å². The molecule has 1 aromatic heterocycles. The molecule has 0 N–H and O–H groups in total. The van der Waals surface area contributed by atoms with Gasteiger partial charge in [0.15, 0.2) is 0 Å². The highest BCUT2D eigenvalue weighted by Gasteiger charge is 2.28. The lowest BCUT2D eigenvalue weighted by Crippen LogP contribution is -2.33. The van der Waals surface area contributed by atoms with Crippen LogP contribution in [0.4, 0.5) is 0 Å². The molecular formula is C20H21N3O2S. The number of carbonyl (C=O) groups is 1. The Hall–Kier alpha value is -2.60. The molecule has 0 spiro atoms. The summed E-state index contributed by atoms with van der Waals surface area (Å²) in [4.78, 5) is 14.8. The molecule has 0 bridgehead atoms. The van der Waals surface area contributed by atoms with Gasteiger partial charge in [-0.25, -0.2) is 0 Å². The van der Waals surface area contributed by atoms with Gasteiger partial charge in [0.25, 0.3) is 5.22 Å². The normalized spacial score (nSPS) is 11.9. The van der Waals surface area contributed by atoms with E-state index in [1.54, 1.807) is 0 Å². The molecule has 2 aromatic carbocycles. The lowest BCUT2D eigenvalue weighted by molar-refractivity contribution is -0.130. The standard InChI is InChI=1S/C20H21N3O2S/c1-3-23(4-2)19(24)17(15-11-7-5-8-12-15)26-20-22-21-18(25-20)16-13-9-6-10-14-16/h5-14,17H,3-4H2,1-2H3/t17-/m1/s1. The predicted octanol–water partition coefficient (Wildman–Crippen LogP) is 4.44. The number of amides is 1. The molecule has 0 fully saturated rings. The molecule has 3 rings (SSSR count). The number of aromatic nitrogens is 2. The summed E-state index contributed by atoms with van der Waals surface area (Å²) in [6.45, 7) is 5.29. The monoisotopic (exact) mass is 367 g/mol. The summed E-state index contributed by atoms with van der Waals surface area (Å²) in [5.74, 6) is 0.501. The van der Waals surface area contributed by atoms with E-state index >= 15 is 0 Å². The van der Waals surface area contributed by atoms with Gasteiger partial charge < -0.3 is 9.32 Å². The zero-order valence-corrected chi connectivity index (χ0v) is 15.6. The topological polar surface area (TPSA) is 59.2 Å². The Labute approximate surface area is 157 Å². The van der Waals surface area contributed by atoms with Crippen LogP contribution in [0.3, 0.4) is 0 Å². The van der Waals surface area contributed by atoms with Crippen LogP contribution in [0.5, 0.6) is 0 Å². The number of likely N-dealkylation sites (N-methyl/N-ethyl adjacent to an activating group) is 1. The van der Waals surface area contributed by atoms with Crippen LogP contribution < -0.4 is 0 Å². The Balaban J connectivity index is 1.87. The summed E-state index contributed by atoms with van der Waals surface area (Å²) >= 11 is 1.29. The molecule has 1 atom stereocenters. The van der Waals surface area contributed by atoms with E-state index < -0.39 is 5.25 Å². The molecule has 0 radical (unpaired) electrons. The Kier molecular flexibility index (Phi) is 6.07. The quantitative estimate of drug-likeness (QED) is 0.578. The van der Waals surface area contributed by atoms with Crippen molar-refractivity contribution in [3.8, 4) is 11.5 Å². The highest BCUT2D eigenvalue weighted by molar-refractivity contribution is 8.00. The predicted molar refractivity (Wildman–Crippen MR) is 103 cm³/mol. The van der Waals surface area contributed by atoms with Gasteiger partial charge in [-0.1, -0.05) is 48.5 Å². The molecule has 0 saturated heterocycles. The van der Waals surface area contributed by atoms with Crippen molar-refractivity contribution in [1.29, 1.82) is 0 Å². The van der Waals surface area contributed by atoms with Gasteiger partial charge in [0, 0.05) is 18.7 Å². The number of rotatable bonds is 7. The molecule has 1 amide bonds. The van der Waals surface area contributed by atoms with Crippen LogP contribution in [0.25, 0.3) is 11.5 Å².